The molecule has 1 aromatic heterocycles. The molecule has 0 aromatic carbocycles. The maximum absolute atomic E-state index is 6.32. The lowest BCUT2D eigenvalue weighted by atomic mass is 10.2. The summed E-state index contributed by atoms with van der Waals surface area (Å²) in [6.45, 7) is 4.31. The molecule has 1 unspecified atom stereocenters. The summed E-state index contributed by atoms with van der Waals surface area (Å²) in [7, 11) is 0. The van der Waals surface area contributed by atoms with Gasteiger partial charge in [-0.3, -0.25) is 4.90 Å². The van der Waals surface area contributed by atoms with Crippen LogP contribution in [0.5, 0.6) is 0 Å². The highest BCUT2D eigenvalue weighted by atomic mass is 35.5. The monoisotopic (exact) mass is 315 g/mol. The third-order valence-electron chi connectivity index (χ3n) is 4.15. The first kappa shape index (κ1) is 14.2. The Morgan fingerprint density at radius 3 is 2.80 bits per heavy atom. The minimum Gasteiger partial charge on any atom is -0.354 e. The molecule has 3 N–H and O–H groups in total. The van der Waals surface area contributed by atoms with E-state index in [9.17, 15) is 0 Å². The van der Waals surface area contributed by atoms with Crippen LogP contribution in [-0.2, 0) is 0 Å². The molecule has 0 spiro atoms. The second-order valence-electron chi connectivity index (χ2n) is 5.40. The van der Waals surface area contributed by atoms with Gasteiger partial charge >= 0.3 is 0 Å². The second-order valence-corrected chi connectivity index (χ2v) is 6.21. The molecule has 0 bridgehead atoms. The first-order valence-electron chi connectivity index (χ1n) is 7.00. The number of nitrogens with one attached hydrogen (secondary N) is 1. The number of nitrogen functional groups attached to an aromatic ring is 1. The van der Waals surface area contributed by atoms with Gasteiger partial charge in [0.15, 0.2) is 5.82 Å². The zero-order valence-electron chi connectivity index (χ0n) is 11.3. The fraction of sp³-hybridized carbons (Fsp3) is 0.615. The predicted octanol–water partition coefficient (Wildman–Crippen LogP) is 2.35. The minimum atomic E-state index is 0.443. The minimum absolute atomic E-state index is 0.443. The van der Waals surface area contributed by atoms with Crippen LogP contribution in [0.3, 0.4) is 0 Å². The quantitative estimate of drug-likeness (QED) is 0.648. The molecule has 1 aromatic rings. The number of rotatable bonds is 2. The second kappa shape index (κ2) is 5.93. The van der Waals surface area contributed by atoms with E-state index in [-0.39, 0.29) is 0 Å². The van der Waals surface area contributed by atoms with E-state index in [1.807, 2.05) is 0 Å². The zero-order valence-corrected chi connectivity index (χ0v) is 12.8. The van der Waals surface area contributed by atoms with Crippen LogP contribution in [0, 0.1) is 0 Å². The van der Waals surface area contributed by atoms with Crippen LogP contribution in [0.25, 0.3) is 0 Å². The van der Waals surface area contributed by atoms with E-state index in [4.69, 9.17) is 29.0 Å². The Morgan fingerprint density at radius 1 is 1.20 bits per heavy atom. The average Bonchev–Trinajstić information content (AvgIpc) is 2.77. The Bertz CT molecular complexity index is 496. The van der Waals surface area contributed by atoms with E-state index < -0.39 is 0 Å². The lowest BCUT2D eigenvalue weighted by Gasteiger charge is -2.27. The number of anilines is 2. The molecule has 2 fully saturated rings. The van der Waals surface area contributed by atoms with Crippen molar-refractivity contribution in [2.45, 2.75) is 25.3 Å². The number of hydrogen-bond acceptors (Lipinski definition) is 5. The molecule has 0 amide bonds. The van der Waals surface area contributed by atoms with Gasteiger partial charge in [0.05, 0.1) is 10.0 Å². The van der Waals surface area contributed by atoms with E-state index in [1.54, 1.807) is 6.07 Å². The predicted molar refractivity (Wildman–Crippen MR) is 83.5 cm³/mol. The van der Waals surface area contributed by atoms with Crippen LogP contribution in [0.2, 0.25) is 10.0 Å². The molecule has 2 saturated heterocycles. The van der Waals surface area contributed by atoms with Crippen molar-refractivity contribution in [2.75, 3.05) is 36.5 Å². The Balaban J connectivity index is 1.87. The highest BCUT2D eigenvalue weighted by Crippen LogP contribution is 2.33. The summed E-state index contributed by atoms with van der Waals surface area (Å²) in [6.07, 6.45) is 3.67. The topological polar surface area (TPSA) is 57.4 Å². The molecule has 3 rings (SSSR count). The van der Waals surface area contributed by atoms with Gasteiger partial charge in [-0.25, -0.2) is 10.8 Å². The van der Waals surface area contributed by atoms with Crippen molar-refractivity contribution in [3.63, 3.8) is 0 Å². The van der Waals surface area contributed by atoms with Crippen molar-refractivity contribution in [3.05, 3.63) is 16.1 Å². The van der Waals surface area contributed by atoms with E-state index >= 15 is 0 Å². The highest BCUT2D eigenvalue weighted by Gasteiger charge is 2.30. The molecule has 3 heterocycles. The number of nitrogens with two attached hydrogens (primary N) is 1. The maximum Gasteiger partial charge on any atom is 0.161 e. The van der Waals surface area contributed by atoms with Gasteiger partial charge in [-0.15, -0.1) is 0 Å². The molecule has 5 nitrogen and oxygen atoms in total. The third-order valence-corrected chi connectivity index (χ3v) is 4.72. The van der Waals surface area contributed by atoms with Crippen molar-refractivity contribution >= 4 is 34.8 Å². The highest BCUT2D eigenvalue weighted by molar-refractivity contribution is 6.37. The molecule has 110 valence electrons. The average molecular weight is 316 g/mol. The number of hydrogen-bond donors (Lipinski definition) is 2. The first-order valence-corrected chi connectivity index (χ1v) is 7.76. The molecular formula is C13H19Cl2N5. The molecule has 2 aliphatic rings. The van der Waals surface area contributed by atoms with Gasteiger partial charge in [-0.2, -0.15) is 0 Å². The summed E-state index contributed by atoms with van der Waals surface area (Å²) in [6, 6.07) is 2.32. The molecule has 0 aliphatic carbocycles. The summed E-state index contributed by atoms with van der Waals surface area (Å²) < 4.78 is 0. The Hall–Kier alpha value is -0.750. The van der Waals surface area contributed by atoms with Gasteiger partial charge < -0.3 is 10.3 Å². The molecule has 1 atom stereocenters. The number of nitrogens with zero attached hydrogens (tertiary/aromatic N) is 3. The Labute approximate surface area is 129 Å². The third kappa shape index (κ3) is 2.68. The van der Waals surface area contributed by atoms with E-state index in [1.165, 1.54) is 19.4 Å². The van der Waals surface area contributed by atoms with Crippen LogP contribution < -0.4 is 16.2 Å². The summed E-state index contributed by atoms with van der Waals surface area (Å²) in [5, 5.41) is 1.03. The lowest BCUT2D eigenvalue weighted by Crippen LogP contribution is -2.37. The van der Waals surface area contributed by atoms with Gasteiger partial charge in [0, 0.05) is 25.7 Å². The van der Waals surface area contributed by atoms with E-state index in [2.05, 4.69) is 20.2 Å². The SMILES string of the molecule is NNc1nc(N2CCCN3CCCC3C2)c(Cl)cc1Cl. The fourth-order valence-corrected chi connectivity index (χ4v) is 3.71. The van der Waals surface area contributed by atoms with Crippen molar-refractivity contribution in [1.82, 2.24) is 9.88 Å². The number of aromatic nitrogens is 1. The molecule has 20 heavy (non-hydrogen) atoms. The standard InChI is InChI=1S/C13H19Cl2N5/c14-10-7-11(15)13(17-12(10)18-16)20-6-2-5-19-4-1-3-9(19)8-20/h7,9H,1-6,8,16H2,(H,17,18). The largest absolute Gasteiger partial charge is 0.354 e. The first-order chi connectivity index (χ1) is 9.69. The molecule has 0 saturated carbocycles. The molecule has 7 heteroatoms. The van der Waals surface area contributed by atoms with E-state index in [0.717, 1.165) is 31.9 Å². The van der Waals surface area contributed by atoms with Gasteiger partial charge in [-0.05, 0) is 31.9 Å². The fourth-order valence-electron chi connectivity index (χ4n) is 3.18. The van der Waals surface area contributed by atoms with Crippen molar-refractivity contribution in [3.8, 4) is 0 Å². The number of hydrazine groups is 1. The van der Waals surface area contributed by atoms with Crippen molar-refractivity contribution in [1.29, 1.82) is 0 Å². The Morgan fingerprint density at radius 2 is 2.00 bits per heavy atom. The zero-order chi connectivity index (χ0) is 14.1. The summed E-state index contributed by atoms with van der Waals surface area (Å²) in [4.78, 5) is 9.31. The van der Waals surface area contributed by atoms with Crippen molar-refractivity contribution < 1.29 is 0 Å². The van der Waals surface area contributed by atoms with Crippen LogP contribution in [0.15, 0.2) is 6.07 Å². The number of fused-ring (bicyclic) bond motifs is 1. The Kier molecular flexibility index (Phi) is 4.21. The van der Waals surface area contributed by atoms with Crippen LogP contribution >= 0.6 is 23.2 Å². The molecule has 2 aliphatic heterocycles. The summed E-state index contributed by atoms with van der Waals surface area (Å²) in [5.74, 6) is 6.70. The number of pyridine rings is 1. The van der Waals surface area contributed by atoms with Crippen molar-refractivity contribution in [2.24, 2.45) is 5.84 Å². The maximum atomic E-state index is 6.32. The van der Waals surface area contributed by atoms with Gasteiger partial charge in [-0.1, -0.05) is 23.2 Å². The molecule has 0 radical (unpaired) electrons. The van der Waals surface area contributed by atoms with Crippen LogP contribution in [0.4, 0.5) is 11.6 Å². The summed E-state index contributed by atoms with van der Waals surface area (Å²) in [5.41, 5.74) is 2.53. The smallest absolute Gasteiger partial charge is 0.161 e. The lowest BCUT2D eigenvalue weighted by molar-refractivity contribution is 0.273. The van der Waals surface area contributed by atoms with Crippen LogP contribution in [-0.4, -0.2) is 42.1 Å². The molecular weight excluding hydrogens is 297 g/mol. The number of halogens is 2. The van der Waals surface area contributed by atoms with E-state index in [0.29, 0.717) is 21.9 Å². The summed E-state index contributed by atoms with van der Waals surface area (Å²) >= 11 is 12.4. The van der Waals surface area contributed by atoms with Gasteiger partial charge in [0.25, 0.3) is 0 Å². The normalized spacial score (nSPS) is 23.6. The van der Waals surface area contributed by atoms with Crippen LogP contribution in [0.1, 0.15) is 19.3 Å². The van der Waals surface area contributed by atoms with Gasteiger partial charge in [0.1, 0.15) is 5.82 Å². The van der Waals surface area contributed by atoms with Gasteiger partial charge in [0.2, 0.25) is 0 Å².